The fraction of sp³-hybridized carbons (Fsp3) is 0.923. The molecule has 0 aromatic carbocycles. The van der Waals surface area contributed by atoms with Crippen molar-refractivity contribution in [2.24, 2.45) is 5.92 Å². The lowest BCUT2D eigenvalue weighted by atomic mass is 9.99. The van der Waals surface area contributed by atoms with Crippen molar-refractivity contribution in [2.45, 2.75) is 32.2 Å². The molecule has 1 amide bonds. The molecule has 1 N–H and O–H groups in total. The Bertz CT molecular complexity index is 261. The number of hydrogen-bond donors (Lipinski definition) is 1. The van der Waals surface area contributed by atoms with Crippen LogP contribution in [0.5, 0.6) is 0 Å². The third kappa shape index (κ3) is 4.11. The highest BCUT2D eigenvalue weighted by atomic mass is 35.5. The van der Waals surface area contributed by atoms with Gasteiger partial charge in [-0.15, -0.1) is 12.4 Å². The van der Waals surface area contributed by atoms with Crippen LogP contribution in [0.25, 0.3) is 0 Å². The predicted molar refractivity (Wildman–Crippen MR) is 76.1 cm³/mol. The third-order valence-corrected chi connectivity index (χ3v) is 4.18. The summed E-state index contributed by atoms with van der Waals surface area (Å²) in [6.45, 7) is 6.89. The number of rotatable bonds is 3. The summed E-state index contributed by atoms with van der Waals surface area (Å²) < 4.78 is 0. The van der Waals surface area contributed by atoms with Gasteiger partial charge in [0, 0.05) is 25.7 Å². The average Bonchev–Trinajstić information content (AvgIpc) is 2.83. The van der Waals surface area contributed by atoms with Gasteiger partial charge in [-0.3, -0.25) is 9.69 Å². The lowest BCUT2D eigenvalue weighted by molar-refractivity contribution is -0.133. The molecule has 2 rings (SSSR count). The summed E-state index contributed by atoms with van der Waals surface area (Å²) in [5.41, 5.74) is 0. The van der Waals surface area contributed by atoms with E-state index in [1.807, 2.05) is 4.90 Å². The molecule has 1 unspecified atom stereocenters. The van der Waals surface area contributed by atoms with E-state index in [1.54, 1.807) is 0 Å². The lowest BCUT2D eigenvalue weighted by Gasteiger charge is -2.32. The number of carbonyl (C=O) groups excluding carboxylic acids is 1. The second-order valence-corrected chi connectivity index (χ2v) is 5.63. The van der Waals surface area contributed by atoms with Gasteiger partial charge in [-0.2, -0.15) is 0 Å². The number of nitrogens with one attached hydrogen (secondary N) is 1. The minimum Gasteiger partial charge on any atom is -0.342 e. The van der Waals surface area contributed by atoms with Crippen LogP contribution in [0, 0.1) is 5.92 Å². The number of amides is 1. The van der Waals surface area contributed by atoms with Crippen molar-refractivity contribution >= 4 is 18.3 Å². The Morgan fingerprint density at radius 3 is 2.56 bits per heavy atom. The standard InChI is InChI=1S/C13H25N3O.ClH/c1-11-4-7-16(8-5-11)13(17)10-15(2)12-3-6-14-9-12;/h11-12,14H,3-10H2,1-2H3;1H. The van der Waals surface area contributed by atoms with Gasteiger partial charge in [-0.05, 0) is 38.8 Å². The number of piperidine rings is 1. The van der Waals surface area contributed by atoms with Gasteiger partial charge in [0.2, 0.25) is 5.91 Å². The Morgan fingerprint density at radius 1 is 1.33 bits per heavy atom. The van der Waals surface area contributed by atoms with Crippen molar-refractivity contribution < 1.29 is 4.79 Å². The van der Waals surface area contributed by atoms with Gasteiger partial charge >= 0.3 is 0 Å². The van der Waals surface area contributed by atoms with Crippen LogP contribution in [0.15, 0.2) is 0 Å². The topological polar surface area (TPSA) is 35.6 Å². The molecular formula is C13H26ClN3O. The lowest BCUT2D eigenvalue weighted by Crippen LogP contribution is -2.45. The molecule has 0 aromatic heterocycles. The molecule has 2 saturated heterocycles. The summed E-state index contributed by atoms with van der Waals surface area (Å²) in [6, 6.07) is 0.544. The van der Waals surface area contributed by atoms with Crippen LogP contribution in [-0.4, -0.2) is 61.5 Å². The smallest absolute Gasteiger partial charge is 0.236 e. The van der Waals surface area contributed by atoms with E-state index in [0.717, 1.165) is 32.1 Å². The fourth-order valence-corrected chi connectivity index (χ4v) is 2.72. The van der Waals surface area contributed by atoms with E-state index in [4.69, 9.17) is 0 Å². The Hall–Kier alpha value is -0.320. The van der Waals surface area contributed by atoms with Crippen molar-refractivity contribution in [3.63, 3.8) is 0 Å². The van der Waals surface area contributed by atoms with Crippen molar-refractivity contribution in [1.29, 1.82) is 0 Å². The molecule has 0 spiro atoms. The van der Waals surface area contributed by atoms with E-state index < -0.39 is 0 Å². The zero-order chi connectivity index (χ0) is 12.3. The number of nitrogens with zero attached hydrogens (tertiary/aromatic N) is 2. The minimum absolute atomic E-state index is 0. The molecule has 0 aromatic rings. The molecule has 2 heterocycles. The first kappa shape index (κ1) is 15.7. The summed E-state index contributed by atoms with van der Waals surface area (Å²) in [4.78, 5) is 16.4. The Kier molecular flexibility index (Phi) is 6.39. The van der Waals surface area contributed by atoms with Gasteiger partial charge in [0.1, 0.15) is 0 Å². The SMILES string of the molecule is CC1CCN(C(=O)CN(C)C2CCNC2)CC1.Cl. The van der Waals surface area contributed by atoms with E-state index in [-0.39, 0.29) is 12.4 Å². The van der Waals surface area contributed by atoms with Crippen LogP contribution >= 0.6 is 12.4 Å². The van der Waals surface area contributed by atoms with E-state index in [9.17, 15) is 4.79 Å². The summed E-state index contributed by atoms with van der Waals surface area (Å²) >= 11 is 0. The van der Waals surface area contributed by atoms with Gasteiger partial charge in [0.25, 0.3) is 0 Å². The second-order valence-electron chi connectivity index (χ2n) is 5.63. The normalized spacial score (nSPS) is 25.3. The Morgan fingerprint density at radius 2 is 2.00 bits per heavy atom. The molecule has 2 aliphatic heterocycles. The summed E-state index contributed by atoms with van der Waals surface area (Å²) in [5.74, 6) is 1.10. The van der Waals surface area contributed by atoms with Gasteiger partial charge in [0.15, 0.2) is 0 Å². The predicted octanol–water partition coefficient (Wildman–Crippen LogP) is 0.960. The molecule has 106 valence electrons. The summed E-state index contributed by atoms with van der Waals surface area (Å²) in [7, 11) is 2.07. The molecular weight excluding hydrogens is 250 g/mol. The average molecular weight is 276 g/mol. The van der Waals surface area contributed by atoms with Gasteiger partial charge < -0.3 is 10.2 Å². The number of likely N-dealkylation sites (N-methyl/N-ethyl adjacent to an activating group) is 1. The number of halogens is 1. The van der Waals surface area contributed by atoms with Crippen LogP contribution in [0.3, 0.4) is 0 Å². The number of carbonyl (C=O) groups is 1. The Labute approximate surface area is 116 Å². The maximum Gasteiger partial charge on any atom is 0.236 e. The van der Waals surface area contributed by atoms with E-state index in [0.29, 0.717) is 18.5 Å². The van der Waals surface area contributed by atoms with Gasteiger partial charge in [0.05, 0.1) is 6.54 Å². The molecule has 2 aliphatic rings. The van der Waals surface area contributed by atoms with E-state index in [1.165, 1.54) is 19.3 Å². The zero-order valence-electron chi connectivity index (χ0n) is 11.5. The molecule has 0 aliphatic carbocycles. The highest BCUT2D eigenvalue weighted by Gasteiger charge is 2.25. The first-order chi connectivity index (χ1) is 8.16. The van der Waals surface area contributed by atoms with Crippen molar-refractivity contribution in [2.75, 3.05) is 39.8 Å². The van der Waals surface area contributed by atoms with E-state index >= 15 is 0 Å². The molecule has 0 radical (unpaired) electrons. The van der Waals surface area contributed by atoms with Crippen LogP contribution in [-0.2, 0) is 4.79 Å². The van der Waals surface area contributed by atoms with Crippen LogP contribution < -0.4 is 5.32 Å². The minimum atomic E-state index is 0. The van der Waals surface area contributed by atoms with Crippen molar-refractivity contribution in [3.8, 4) is 0 Å². The summed E-state index contributed by atoms with van der Waals surface area (Å²) in [6.07, 6.45) is 3.50. The van der Waals surface area contributed by atoms with Gasteiger partial charge in [-0.25, -0.2) is 0 Å². The van der Waals surface area contributed by atoms with Crippen molar-refractivity contribution in [3.05, 3.63) is 0 Å². The quantitative estimate of drug-likeness (QED) is 0.833. The molecule has 18 heavy (non-hydrogen) atoms. The maximum absolute atomic E-state index is 12.1. The fourth-order valence-electron chi connectivity index (χ4n) is 2.72. The molecule has 0 saturated carbocycles. The number of likely N-dealkylation sites (tertiary alicyclic amines) is 1. The van der Waals surface area contributed by atoms with Crippen molar-refractivity contribution in [1.82, 2.24) is 15.1 Å². The maximum atomic E-state index is 12.1. The highest BCUT2D eigenvalue weighted by molar-refractivity contribution is 5.85. The van der Waals surface area contributed by atoms with Crippen LogP contribution in [0.2, 0.25) is 0 Å². The largest absolute Gasteiger partial charge is 0.342 e. The first-order valence-corrected chi connectivity index (χ1v) is 6.85. The molecule has 1 atom stereocenters. The monoisotopic (exact) mass is 275 g/mol. The Balaban J connectivity index is 0.00000162. The highest BCUT2D eigenvalue weighted by Crippen LogP contribution is 2.16. The molecule has 0 bridgehead atoms. The number of hydrogen-bond acceptors (Lipinski definition) is 3. The summed E-state index contributed by atoms with van der Waals surface area (Å²) in [5, 5.41) is 3.35. The first-order valence-electron chi connectivity index (χ1n) is 6.85. The molecule has 5 heteroatoms. The zero-order valence-corrected chi connectivity index (χ0v) is 12.3. The van der Waals surface area contributed by atoms with E-state index in [2.05, 4.69) is 24.2 Å². The van der Waals surface area contributed by atoms with Gasteiger partial charge in [-0.1, -0.05) is 6.92 Å². The molecule has 2 fully saturated rings. The third-order valence-electron chi connectivity index (χ3n) is 4.18. The van der Waals surface area contributed by atoms with Crippen LogP contribution in [0.1, 0.15) is 26.2 Å². The second kappa shape index (κ2) is 7.31. The van der Waals surface area contributed by atoms with Crippen LogP contribution in [0.4, 0.5) is 0 Å². The molecule has 4 nitrogen and oxygen atoms in total.